The molecule has 5 nitrogen and oxygen atoms in total. The van der Waals surface area contributed by atoms with Gasteiger partial charge in [-0.25, -0.2) is 8.78 Å². The first-order chi connectivity index (χ1) is 13.0. The molecular formula is C20H17F2N3O2. The lowest BCUT2D eigenvalue weighted by Crippen LogP contribution is -2.24. The molecule has 0 radical (unpaired) electrons. The zero-order valence-corrected chi connectivity index (χ0v) is 14.7. The molecule has 1 aromatic heterocycles. The lowest BCUT2D eigenvalue weighted by Gasteiger charge is -2.16. The number of nitrogens with zero attached hydrogens (tertiary/aromatic N) is 3. The summed E-state index contributed by atoms with van der Waals surface area (Å²) in [5.41, 5.74) is 2.36. The second-order valence-corrected chi connectivity index (χ2v) is 6.78. The zero-order chi connectivity index (χ0) is 19.0. The van der Waals surface area contributed by atoms with Gasteiger partial charge >= 0.3 is 0 Å². The Labute approximate surface area is 154 Å². The molecule has 1 aliphatic heterocycles. The van der Waals surface area contributed by atoms with Crippen LogP contribution >= 0.6 is 0 Å². The number of benzene rings is 2. The maximum atomic E-state index is 13.4. The van der Waals surface area contributed by atoms with E-state index in [0.717, 1.165) is 17.2 Å². The number of amides is 1. The fourth-order valence-corrected chi connectivity index (χ4v) is 3.23. The molecule has 27 heavy (non-hydrogen) atoms. The van der Waals surface area contributed by atoms with Crippen LogP contribution in [0.25, 0.3) is 11.5 Å². The number of rotatable bonds is 4. The van der Waals surface area contributed by atoms with Gasteiger partial charge in [0.25, 0.3) is 5.89 Å². The summed E-state index contributed by atoms with van der Waals surface area (Å²) in [6.45, 7) is 2.52. The SMILES string of the molecule is Cc1ccc(-c2nc(C3CC(=O)N(Cc4cc(F)cc(F)c4)C3)no2)cc1. The summed E-state index contributed by atoms with van der Waals surface area (Å²) in [6, 6.07) is 11.0. The van der Waals surface area contributed by atoms with Gasteiger partial charge in [0.15, 0.2) is 5.82 Å². The first kappa shape index (κ1) is 17.3. The van der Waals surface area contributed by atoms with E-state index in [1.165, 1.54) is 12.1 Å². The van der Waals surface area contributed by atoms with E-state index in [2.05, 4.69) is 10.1 Å². The fraction of sp³-hybridized carbons (Fsp3) is 0.250. The van der Waals surface area contributed by atoms with Gasteiger partial charge < -0.3 is 9.42 Å². The van der Waals surface area contributed by atoms with Crippen LogP contribution < -0.4 is 0 Å². The minimum atomic E-state index is -0.658. The van der Waals surface area contributed by atoms with Crippen LogP contribution in [0, 0.1) is 18.6 Å². The average molecular weight is 369 g/mol. The number of aryl methyl sites for hydroxylation is 1. The first-order valence-corrected chi connectivity index (χ1v) is 8.61. The Morgan fingerprint density at radius 2 is 1.85 bits per heavy atom. The van der Waals surface area contributed by atoms with Crippen LogP contribution in [-0.4, -0.2) is 27.5 Å². The van der Waals surface area contributed by atoms with Crippen LogP contribution in [0.1, 0.15) is 29.3 Å². The second kappa shape index (κ2) is 6.90. The lowest BCUT2D eigenvalue weighted by molar-refractivity contribution is -0.128. The summed E-state index contributed by atoms with van der Waals surface area (Å²) < 4.78 is 32.0. The highest BCUT2D eigenvalue weighted by Crippen LogP contribution is 2.29. The van der Waals surface area contributed by atoms with E-state index in [4.69, 9.17) is 4.52 Å². The molecule has 1 atom stereocenters. The third kappa shape index (κ3) is 3.72. The molecule has 1 saturated heterocycles. The van der Waals surface area contributed by atoms with Crippen LogP contribution in [0.5, 0.6) is 0 Å². The summed E-state index contributed by atoms with van der Waals surface area (Å²) >= 11 is 0. The molecule has 3 aromatic rings. The molecule has 0 spiro atoms. The van der Waals surface area contributed by atoms with Crippen molar-refractivity contribution in [3.05, 3.63) is 71.1 Å². The van der Waals surface area contributed by atoms with Crippen molar-refractivity contribution >= 4 is 5.91 Å². The van der Waals surface area contributed by atoms with Gasteiger partial charge in [-0.3, -0.25) is 4.79 Å². The number of likely N-dealkylation sites (tertiary alicyclic amines) is 1. The Bertz CT molecular complexity index is 965. The van der Waals surface area contributed by atoms with Crippen molar-refractivity contribution in [1.29, 1.82) is 0 Å². The number of halogens is 2. The van der Waals surface area contributed by atoms with Crippen LogP contribution in [0.15, 0.2) is 47.0 Å². The van der Waals surface area contributed by atoms with E-state index in [1.54, 1.807) is 4.90 Å². The lowest BCUT2D eigenvalue weighted by atomic mass is 10.1. The fourth-order valence-electron chi connectivity index (χ4n) is 3.23. The third-order valence-corrected chi connectivity index (χ3v) is 4.62. The maximum Gasteiger partial charge on any atom is 0.257 e. The minimum Gasteiger partial charge on any atom is -0.338 e. The molecule has 0 aliphatic carbocycles. The normalized spacial score (nSPS) is 16.9. The van der Waals surface area contributed by atoms with E-state index in [1.807, 2.05) is 31.2 Å². The summed E-state index contributed by atoms with van der Waals surface area (Å²) in [5, 5.41) is 4.02. The topological polar surface area (TPSA) is 59.2 Å². The molecule has 2 aromatic carbocycles. The second-order valence-electron chi connectivity index (χ2n) is 6.78. The maximum absolute atomic E-state index is 13.4. The molecule has 4 rings (SSSR count). The molecule has 0 N–H and O–H groups in total. The quantitative estimate of drug-likeness (QED) is 0.701. The highest BCUT2D eigenvalue weighted by Gasteiger charge is 2.33. The number of carbonyl (C=O) groups is 1. The highest BCUT2D eigenvalue weighted by atomic mass is 19.1. The van der Waals surface area contributed by atoms with Gasteiger partial charge in [-0.2, -0.15) is 4.98 Å². The predicted octanol–water partition coefficient (Wildman–Crippen LogP) is 3.84. The van der Waals surface area contributed by atoms with Crippen molar-refractivity contribution in [2.75, 3.05) is 6.54 Å². The number of hydrogen-bond acceptors (Lipinski definition) is 4. The highest BCUT2D eigenvalue weighted by molar-refractivity contribution is 5.79. The molecule has 7 heteroatoms. The molecule has 1 aliphatic rings. The van der Waals surface area contributed by atoms with E-state index < -0.39 is 11.6 Å². The molecule has 0 saturated carbocycles. The molecule has 1 unspecified atom stereocenters. The van der Waals surface area contributed by atoms with Crippen molar-refractivity contribution in [1.82, 2.24) is 15.0 Å². The summed E-state index contributed by atoms with van der Waals surface area (Å²) in [4.78, 5) is 18.3. The van der Waals surface area contributed by atoms with Crippen molar-refractivity contribution < 1.29 is 18.1 Å². The largest absolute Gasteiger partial charge is 0.338 e. The Hall–Kier alpha value is -3.09. The number of hydrogen-bond donors (Lipinski definition) is 0. The van der Waals surface area contributed by atoms with Crippen molar-refractivity contribution in [3.8, 4) is 11.5 Å². The zero-order valence-electron chi connectivity index (χ0n) is 14.7. The molecule has 1 amide bonds. The number of carbonyl (C=O) groups excluding carboxylic acids is 1. The molecule has 1 fully saturated rings. The van der Waals surface area contributed by atoms with E-state index in [0.29, 0.717) is 23.8 Å². The standard InChI is InChI=1S/C20H17F2N3O2/c1-12-2-4-14(5-3-12)20-23-19(24-27-20)15-8-18(26)25(11-15)10-13-6-16(21)9-17(22)7-13/h2-7,9,15H,8,10-11H2,1H3. The number of aromatic nitrogens is 2. The van der Waals surface area contributed by atoms with Crippen molar-refractivity contribution in [2.45, 2.75) is 25.8 Å². The summed E-state index contributed by atoms with van der Waals surface area (Å²) in [5.74, 6) is -0.761. The van der Waals surface area contributed by atoms with E-state index in [9.17, 15) is 13.6 Å². The molecule has 138 valence electrons. The Kier molecular flexibility index (Phi) is 4.43. The average Bonchev–Trinajstić information content (AvgIpc) is 3.22. The van der Waals surface area contributed by atoms with Crippen molar-refractivity contribution in [3.63, 3.8) is 0 Å². The molecule has 0 bridgehead atoms. The van der Waals surface area contributed by atoms with Gasteiger partial charge in [-0.05, 0) is 36.8 Å². The van der Waals surface area contributed by atoms with E-state index in [-0.39, 0.29) is 24.8 Å². The van der Waals surface area contributed by atoms with Crippen molar-refractivity contribution in [2.24, 2.45) is 0 Å². The van der Waals surface area contributed by atoms with Crippen LogP contribution in [-0.2, 0) is 11.3 Å². The minimum absolute atomic E-state index is 0.105. The molecular weight excluding hydrogens is 352 g/mol. The van der Waals surface area contributed by atoms with Crippen LogP contribution in [0.2, 0.25) is 0 Å². The smallest absolute Gasteiger partial charge is 0.257 e. The summed E-state index contributed by atoms with van der Waals surface area (Å²) in [6.07, 6.45) is 0.241. The third-order valence-electron chi connectivity index (χ3n) is 4.62. The Morgan fingerprint density at radius 1 is 1.15 bits per heavy atom. The molecule has 2 heterocycles. The van der Waals surface area contributed by atoms with Gasteiger partial charge in [0.1, 0.15) is 11.6 Å². The first-order valence-electron chi connectivity index (χ1n) is 8.61. The Balaban J connectivity index is 1.48. The Morgan fingerprint density at radius 3 is 2.56 bits per heavy atom. The van der Waals surface area contributed by atoms with Crippen LogP contribution in [0.4, 0.5) is 8.78 Å². The summed E-state index contributed by atoms with van der Waals surface area (Å²) in [7, 11) is 0. The van der Waals surface area contributed by atoms with Gasteiger partial charge in [-0.15, -0.1) is 0 Å². The van der Waals surface area contributed by atoms with Gasteiger partial charge in [0.2, 0.25) is 5.91 Å². The van der Waals surface area contributed by atoms with Gasteiger partial charge in [0.05, 0.1) is 0 Å². The predicted molar refractivity (Wildman–Crippen MR) is 93.6 cm³/mol. The monoisotopic (exact) mass is 369 g/mol. The van der Waals surface area contributed by atoms with Gasteiger partial charge in [-0.1, -0.05) is 22.9 Å². The van der Waals surface area contributed by atoms with Gasteiger partial charge in [0, 0.05) is 37.1 Å². The van der Waals surface area contributed by atoms with E-state index >= 15 is 0 Å². The van der Waals surface area contributed by atoms with Crippen LogP contribution in [0.3, 0.4) is 0 Å².